The van der Waals surface area contributed by atoms with E-state index in [-0.39, 0.29) is 5.82 Å². The van der Waals surface area contributed by atoms with Gasteiger partial charge in [0.05, 0.1) is 6.10 Å². The van der Waals surface area contributed by atoms with Gasteiger partial charge in [0.15, 0.2) is 0 Å². The highest BCUT2D eigenvalue weighted by Gasteiger charge is 2.11. The third-order valence-electron chi connectivity index (χ3n) is 2.65. The molecule has 0 fully saturated rings. The first-order valence-corrected chi connectivity index (χ1v) is 6.57. The zero-order chi connectivity index (χ0) is 12.0. The van der Waals surface area contributed by atoms with Gasteiger partial charge in [-0.2, -0.15) is 0 Å². The van der Waals surface area contributed by atoms with Gasteiger partial charge < -0.3 is 5.11 Å². The lowest BCUT2D eigenvalue weighted by Gasteiger charge is -2.12. The Morgan fingerprint density at radius 2 is 2.06 bits per heavy atom. The molecule has 1 rings (SSSR count). The average Bonchev–Trinajstić information content (AvgIpc) is 2.27. The molecule has 0 saturated heterocycles. The number of hydrogen-bond donors (Lipinski definition) is 1. The number of aliphatic hydroxyl groups excluding tert-OH is 1. The van der Waals surface area contributed by atoms with Crippen molar-refractivity contribution in [3.8, 4) is 0 Å². The van der Waals surface area contributed by atoms with Gasteiger partial charge in [-0.05, 0) is 30.2 Å². The Kier molecular flexibility index (Phi) is 5.99. The van der Waals surface area contributed by atoms with Gasteiger partial charge in [-0.1, -0.05) is 48.5 Å². The quantitative estimate of drug-likeness (QED) is 0.759. The fourth-order valence-corrected chi connectivity index (χ4v) is 2.20. The molecule has 1 atom stereocenters. The fourth-order valence-electron chi connectivity index (χ4n) is 1.69. The molecule has 1 aromatic carbocycles. The van der Waals surface area contributed by atoms with E-state index in [1.165, 1.54) is 25.0 Å². The molecule has 0 bridgehead atoms. The van der Waals surface area contributed by atoms with Crippen LogP contribution < -0.4 is 0 Å². The van der Waals surface area contributed by atoms with Crippen molar-refractivity contribution in [3.63, 3.8) is 0 Å². The molecule has 1 nitrogen and oxygen atoms in total. The first-order valence-electron chi connectivity index (χ1n) is 5.78. The summed E-state index contributed by atoms with van der Waals surface area (Å²) in [6, 6.07) is 4.42. The summed E-state index contributed by atoms with van der Waals surface area (Å²) >= 11 is 3.33. The van der Waals surface area contributed by atoms with Gasteiger partial charge in [0.25, 0.3) is 0 Å². The van der Waals surface area contributed by atoms with Gasteiger partial charge in [0.1, 0.15) is 5.82 Å². The highest BCUT2D eigenvalue weighted by Crippen LogP contribution is 2.27. The summed E-state index contributed by atoms with van der Waals surface area (Å²) in [6.45, 7) is 2.15. The molecular weight excluding hydrogens is 271 g/mol. The van der Waals surface area contributed by atoms with Crippen LogP contribution >= 0.6 is 15.9 Å². The average molecular weight is 289 g/mol. The predicted octanol–water partition coefficient (Wildman–Crippen LogP) is 4.59. The third kappa shape index (κ3) is 4.22. The van der Waals surface area contributed by atoms with Crippen molar-refractivity contribution in [1.82, 2.24) is 0 Å². The SMILES string of the molecule is CCCCCCC(O)c1cc(F)ccc1Br. The van der Waals surface area contributed by atoms with E-state index in [1.807, 2.05) is 0 Å². The maximum Gasteiger partial charge on any atom is 0.123 e. The van der Waals surface area contributed by atoms with Crippen molar-refractivity contribution in [1.29, 1.82) is 0 Å². The Balaban J connectivity index is 2.51. The molecule has 1 N–H and O–H groups in total. The highest BCUT2D eigenvalue weighted by atomic mass is 79.9. The maximum atomic E-state index is 13.0. The summed E-state index contributed by atoms with van der Waals surface area (Å²) < 4.78 is 13.8. The number of hydrogen-bond acceptors (Lipinski definition) is 1. The van der Waals surface area contributed by atoms with E-state index in [0.29, 0.717) is 12.0 Å². The van der Waals surface area contributed by atoms with Crippen LogP contribution in [0.1, 0.15) is 50.7 Å². The Hall–Kier alpha value is -0.410. The van der Waals surface area contributed by atoms with Crippen molar-refractivity contribution in [2.45, 2.75) is 45.1 Å². The molecule has 16 heavy (non-hydrogen) atoms. The number of unbranched alkanes of at least 4 members (excludes halogenated alkanes) is 3. The molecule has 0 heterocycles. The second kappa shape index (κ2) is 7.02. The minimum atomic E-state index is -0.568. The van der Waals surface area contributed by atoms with Crippen molar-refractivity contribution in [2.24, 2.45) is 0 Å². The summed E-state index contributed by atoms with van der Waals surface area (Å²) in [5.41, 5.74) is 0.650. The predicted molar refractivity (Wildman–Crippen MR) is 67.8 cm³/mol. The fraction of sp³-hybridized carbons (Fsp3) is 0.538. The number of rotatable bonds is 6. The molecule has 0 saturated carbocycles. The first kappa shape index (κ1) is 13.7. The standard InChI is InChI=1S/C13H18BrFO/c1-2-3-4-5-6-13(16)11-9-10(15)7-8-12(11)14/h7-9,13,16H,2-6H2,1H3. The number of benzene rings is 1. The molecular formula is C13H18BrFO. The second-order valence-corrected chi connectivity index (χ2v) is 4.89. The van der Waals surface area contributed by atoms with Gasteiger partial charge in [-0.3, -0.25) is 0 Å². The Morgan fingerprint density at radius 1 is 1.31 bits per heavy atom. The molecule has 0 aliphatic heterocycles. The summed E-state index contributed by atoms with van der Waals surface area (Å²) in [7, 11) is 0. The topological polar surface area (TPSA) is 20.2 Å². The van der Waals surface area contributed by atoms with Crippen LogP contribution in [0.4, 0.5) is 4.39 Å². The van der Waals surface area contributed by atoms with Gasteiger partial charge in [-0.25, -0.2) is 4.39 Å². The van der Waals surface area contributed by atoms with Crippen LogP contribution in [-0.4, -0.2) is 5.11 Å². The van der Waals surface area contributed by atoms with E-state index in [1.54, 1.807) is 6.07 Å². The summed E-state index contributed by atoms with van der Waals surface area (Å²) in [5.74, 6) is -0.300. The Morgan fingerprint density at radius 3 is 2.75 bits per heavy atom. The smallest absolute Gasteiger partial charge is 0.123 e. The number of aliphatic hydroxyl groups is 1. The maximum absolute atomic E-state index is 13.0. The molecule has 3 heteroatoms. The molecule has 0 aliphatic carbocycles. The van der Waals surface area contributed by atoms with Crippen LogP contribution in [0.3, 0.4) is 0 Å². The summed E-state index contributed by atoms with van der Waals surface area (Å²) in [5, 5.41) is 9.93. The molecule has 90 valence electrons. The van der Waals surface area contributed by atoms with E-state index < -0.39 is 6.10 Å². The minimum absolute atomic E-state index is 0.300. The lowest BCUT2D eigenvalue weighted by atomic mass is 10.0. The molecule has 0 spiro atoms. The second-order valence-electron chi connectivity index (χ2n) is 4.03. The molecule has 0 aromatic heterocycles. The lowest BCUT2D eigenvalue weighted by Crippen LogP contribution is -1.99. The van der Waals surface area contributed by atoms with E-state index in [9.17, 15) is 9.50 Å². The van der Waals surface area contributed by atoms with Gasteiger partial charge in [0, 0.05) is 4.47 Å². The Labute approximate surface area is 105 Å². The van der Waals surface area contributed by atoms with Crippen molar-refractivity contribution < 1.29 is 9.50 Å². The molecule has 0 radical (unpaired) electrons. The monoisotopic (exact) mass is 288 g/mol. The van der Waals surface area contributed by atoms with E-state index in [0.717, 1.165) is 17.3 Å². The number of halogens is 2. The van der Waals surface area contributed by atoms with E-state index in [2.05, 4.69) is 22.9 Å². The van der Waals surface area contributed by atoms with Crippen LogP contribution in [0.2, 0.25) is 0 Å². The van der Waals surface area contributed by atoms with Crippen LogP contribution in [0.15, 0.2) is 22.7 Å². The zero-order valence-electron chi connectivity index (χ0n) is 9.55. The minimum Gasteiger partial charge on any atom is -0.388 e. The first-order chi connectivity index (χ1) is 7.65. The Bertz CT molecular complexity index is 328. The lowest BCUT2D eigenvalue weighted by molar-refractivity contribution is 0.162. The molecule has 0 amide bonds. The summed E-state index contributed by atoms with van der Waals surface area (Å²) in [6.07, 6.45) is 4.61. The van der Waals surface area contributed by atoms with Gasteiger partial charge >= 0.3 is 0 Å². The highest BCUT2D eigenvalue weighted by molar-refractivity contribution is 9.10. The van der Waals surface area contributed by atoms with Crippen molar-refractivity contribution in [2.75, 3.05) is 0 Å². The van der Waals surface area contributed by atoms with Crippen LogP contribution in [-0.2, 0) is 0 Å². The van der Waals surface area contributed by atoms with E-state index in [4.69, 9.17) is 0 Å². The summed E-state index contributed by atoms with van der Waals surface area (Å²) in [4.78, 5) is 0. The van der Waals surface area contributed by atoms with Crippen LogP contribution in [0.5, 0.6) is 0 Å². The normalized spacial score (nSPS) is 12.8. The molecule has 0 aliphatic rings. The molecule has 1 aromatic rings. The van der Waals surface area contributed by atoms with Crippen LogP contribution in [0.25, 0.3) is 0 Å². The van der Waals surface area contributed by atoms with Gasteiger partial charge in [0.2, 0.25) is 0 Å². The van der Waals surface area contributed by atoms with Crippen molar-refractivity contribution in [3.05, 3.63) is 34.1 Å². The van der Waals surface area contributed by atoms with E-state index >= 15 is 0 Å². The van der Waals surface area contributed by atoms with Crippen LogP contribution in [0, 0.1) is 5.82 Å². The molecule has 1 unspecified atom stereocenters. The third-order valence-corrected chi connectivity index (χ3v) is 3.37. The van der Waals surface area contributed by atoms with Gasteiger partial charge in [-0.15, -0.1) is 0 Å². The zero-order valence-corrected chi connectivity index (χ0v) is 11.1. The van der Waals surface area contributed by atoms with Crippen molar-refractivity contribution >= 4 is 15.9 Å². The largest absolute Gasteiger partial charge is 0.388 e.